The van der Waals surface area contributed by atoms with Crippen LogP contribution < -0.4 is 10.5 Å². The number of hydrogen-bond acceptors (Lipinski definition) is 3. The van der Waals surface area contributed by atoms with E-state index in [1.807, 2.05) is 31.2 Å². The van der Waals surface area contributed by atoms with Crippen molar-refractivity contribution in [3.63, 3.8) is 0 Å². The highest BCUT2D eigenvalue weighted by molar-refractivity contribution is 6.17. The predicted molar refractivity (Wildman–Crippen MR) is 70.8 cm³/mol. The van der Waals surface area contributed by atoms with E-state index in [9.17, 15) is 0 Å². The summed E-state index contributed by atoms with van der Waals surface area (Å²) in [5.74, 6) is 1.37. The van der Waals surface area contributed by atoms with E-state index in [2.05, 4.69) is 0 Å². The van der Waals surface area contributed by atoms with Crippen LogP contribution in [0.3, 0.4) is 0 Å². The Kier molecular flexibility index (Phi) is 7.01. The summed E-state index contributed by atoms with van der Waals surface area (Å²) in [6.45, 7) is 3.68. The Morgan fingerprint density at radius 2 is 1.88 bits per heavy atom. The molecule has 0 fully saturated rings. The molecule has 96 valence electrons. The number of hydrogen-bond donors (Lipinski definition) is 1. The van der Waals surface area contributed by atoms with E-state index in [0.717, 1.165) is 12.2 Å². The van der Waals surface area contributed by atoms with Gasteiger partial charge >= 0.3 is 0 Å². The Bertz CT molecular complexity index is 301. The molecule has 1 atom stereocenters. The maximum absolute atomic E-state index is 5.73. The number of halogens is 1. The molecule has 4 heteroatoms. The average Bonchev–Trinajstić information content (AvgIpc) is 2.30. The summed E-state index contributed by atoms with van der Waals surface area (Å²) in [6, 6.07) is 8.18. The van der Waals surface area contributed by atoms with E-state index in [0.29, 0.717) is 25.7 Å². The van der Waals surface area contributed by atoms with E-state index in [4.69, 9.17) is 26.8 Å². The van der Waals surface area contributed by atoms with Gasteiger partial charge in [-0.2, -0.15) is 0 Å². The van der Waals surface area contributed by atoms with Crippen molar-refractivity contribution in [3.8, 4) is 5.75 Å². The largest absolute Gasteiger partial charge is 0.491 e. The molecule has 0 aromatic heterocycles. The minimum Gasteiger partial charge on any atom is -0.491 e. The molecule has 0 bridgehead atoms. The lowest BCUT2D eigenvalue weighted by molar-refractivity contribution is 0.111. The number of alkyl halides is 1. The lowest BCUT2D eigenvalue weighted by Crippen LogP contribution is -2.17. The molecule has 0 aliphatic carbocycles. The third-order valence-corrected chi connectivity index (χ3v) is 2.35. The molecule has 3 nitrogen and oxygen atoms in total. The standard InChI is InChI=1S/C13H20ClNO2/c1-11(15)10-12-2-4-13(5-3-12)17-9-8-16-7-6-14/h2-5,11H,6-10,15H2,1H3. The Morgan fingerprint density at radius 1 is 1.18 bits per heavy atom. The topological polar surface area (TPSA) is 44.5 Å². The second-order valence-corrected chi connectivity index (χ2v) is 4.35. The van der Waals surface area contributed by atoms with Crippen molar-refractivity contribution in [1.29, 1.82) is 0 Å². The van der Waals surface area contributed by atoms with Crippen molar-refractivity contribution < 1.29 is 9.47 Å². The number of rotatable bonds is 8. The molecule has 0 saturated heterocycles. The molecule has 0 saturated carbocycles. The van der Waals surface area contributed by atoms with E-state index in [-0.39, 0.29) is 6.04 Å². The van der Waals surface area contributed by atoms with Gasteiger partial charge in [-0.25, -0.2) is 0 Å². The van der Waals surface area contributed by atoms with Crippen LogP contribution in [0.2, 0.25) is 0 Å². The Balaban J connectivity index is 2.25. The van der Waals surface area contributed by atoms with Gasteiger partial charge in [0, 0.05) is 11.9 Å². The van der Waals surface area contributed by atoms with Crippen LogP contribution in [0.4, 0.5) is 0 Å². The van der Waals surface area contributed by atoms with Gasteiger partial charge in [0.15, 0.2) is 0 Å². The zero-order valence-electron chi connectivity index (χ0n) is 10.2. The van der Waals surface area contributed by atoms with Crippen molar-refractivity contribution in [2.75, 3.05) is 25.7 Å². The SMILES string of the molecule is CC(N)Cc1ccc(OCCOCCCl)cc1. The zero-order valence-corrected chi connectivity index (χ0v) is 11.0. The van der Waals surface area contributed by atoms with Crippen LogP contribution in [0.25, 0.3) is 0 Å². The van der Waals surface area contributed by atoms with Crippen LogP contribution in [0, 0.1) is 0 Å². The number of benzene rings is 1. The lowest BCUT2D eigenvalue weighted by atomic mass is 10.1. The third kappa shape index (κ3) is 6.51. The molecule has 0 spiro atoms. The van der Waals surface area contributed by atoms with Crippen LogP contribution in [-0.2, 0) is 11.2 Å². The Morgan fingerprint density at radius 3 is 2.47 bits per heavy atom. The molecule has 0 radical (unpaired) electrons. The monoisotopic (exact) mass is 257 g/mol. The molecule has 0 amide bonds. The minimum absolute atomic E-state index is 0.186. The first-order valence-electron chi connectivity index (χ1n) is 5.83. The van der Waals surface area contributed by atoms with Gasteiger partial charge in [-0.15, -0.1) is 11.6 Å². The fourth-order valence-electron chi connectivity index (χ4n) is 1.47. The van der Waals surface area contributed by atoms with Gasteiger partial charge in [0.1, 0.15) is 12.4 Å². The molecule has 2 N–H and O–H groups in total. The maximum atomic E-state index is 5.73. The number of nitrogens with two attached hydrogens (primary N) is 1. The van der Waals surface area contributed by atoms with Crippen molar-refractivity contribution in [2.45, 2.75) is 19.4 Å². The molecule has 17 heavy (non-hydrogen) atoms. The highest BCUT2D eigenvalue weighted by Gasteiger charge is 1.99. The van der Waals surface area contributed by atoms with Crippen LogP contribution in [-0.4, -0.2) is 31.7 Å². The summed E-state index contributed by atoms with van der Waals surface area (Å²) in [7, 11) is 0. The van der Waals surface area contributed by atoms with Gasteiger partial charge in [-0.05, 0) is 31.0 Å². The van der Waals surface area contributed by atoms with Crippen LogP contribution in [0.1, 0.15) is 12.5 Å². The molecule has 0 aliphatic heterocycles. The van der Waals surface area contributed by atoms with Crippen molar-refractivity contribution in [1.82, 2.24) is 0 Å². The Hall–Kier alpha value is -0.770. The number of ether oxygens (including phenoxy) is 2. The van der Waals surface area contributed by atoms with Gasteiger partial charge < -0.3 is 15.2 Å². The van der Waals surface area contributed by atoms with Gasteiger partial charge in [-0.3, -0.25) is 0 Å². The minimum atomic E-state index is 0.186. The highest BCUT2D eigenvalue weighted by Crippen LogP contribution is 2.13. The van der Waals surface area contributed by atoms with E-state index < -0.39 is 0 Å². The molecular weight excluding hydrogens is 238 g/mol. The van der Waals surface area contributed by atoms with Crippen LogP contribution >= 0.6 is 11.6 Å². The smallest absolute Gasteiger partial charge is 0.119 e. The van der Waals surface area contributed by atoms with E-state index >= 15 is 0 Å². The van der Waals surface area contributed by atoms with Gasteiger partial charge in [0.2, 0.25) is 0 Å². The fraction of sp³-hybridized carbons (Fsp3) is 0.538. The van der Waals surface area contributed by atoms with Crippen molar-refractivity contribution in [2.24, 2.45) is 5.73 Å². The van der Waals surface area contributed by atoms with Crippen molar-refractivity contribution >= 4 is 11.6 Å². The summed E-state index contributed by atoms with van der Waals surface area (Å²) >= 11 is 5.48. The normalized spacial score (nSPS) is 12.4. The first kappa shape index (κ1) is 14.3. The molecule has 1 unspecified atom stereocenters. The first-order valence-corrected chi connectivity index (χ1v) is 6.37. The third-order valence-electron chi connectivity index (χ3n) is 2.20. The molecule has 0 aliphatic rings. The molecule has 0 heterocycles. The summed E-state index contributed by atoms with van der Waals surface area (Å²) in [4.78, 5) is 0. The van der Waals surface area contributed by atoms with Gasteiger partial charge in [0.05, 0.1) is 13.2 Å². The first-order chi connectivity index (χ1) is 8.22. The summed E-state index contributed by atoms with van der Waals surface area (Å²) in [6.07, 6.45) is 0.888. The maximum Gasteiger partial charge on any atom is 0.119 e. The highest BCUT2D eigenvalue weighted by atomic mass is 35.5. The van der Waals surface area contributed by atoms with E-state index in [1.165, 1.54) is 5.56 Å². The second-order valence-electron chi connectivity index (χ2n) is 3.98. The van der Waals surface area contributed by atoms with Crippen LogP contribution in [0.15, 0.2) is 24.3 Å². The summed E-state index contributed by atoms with van der Waals surface area (Å²) in [5.41, 5.74) is 6.96. The molecule has 1 rings (SSSR count). The zero-order chi connectivity index (χ0) is 12.5. The van der Waals surface area contributed by atoms with Crippen LogP contribution in [0.5, 0.6) is 5.75 Å². The quantitative estimate of drug-likeness (QED) is 0.574. The summed E-state index contributed by atoms with van der Waals surface area (Å²) in [5, 5.41) is 0. The molecule has 1 aromatic rings. The van der Waals surface area contributed by atoms with Gasteiger partial charge in [0.25, 0.3) is 0 Å². The summed E-state index contributed by atoms with van der Waals surface area (Å²) < 4.78 is 10.7. The molecule has 1 aromatic carbocycles. The Labute approximate surface area is 108 Å². The average molecular weight is 258 g/mol. The second kappa shape index (κ2) is 8.34. The van der Waals surface area contributed by atoms with E-state index in [1.54, 1.807) is 0 Å². The lowest BCUT2D eigenvalue weighted by Gasteiger charge is -2.08. The van der Waals surface area contributed by atoms with Crippen molar-refractivity contribution in [3.05, 3.63) is 29.8 Å². The molecular formula is C13H20ClNO2. The fourth-order valence-corrected chi connectivity index (χ4v) is 1.58. The predicted octanol–water partition coefficient (Wildman–Crippen LogP) is 2.21. The van der Waals surface area contributed by atoms with Gasteiger partial charge in [-0.1, -0.05) is 12.1 Å².